The number of thioether (sulfide) groups is 1. The molecule has 0 saturated carbocycles. The molecule has 0 fully saturated rings. The Morgan fingerprint density at radius 1 is 1.46 bits per heavy atom. The number of nitrogens with one attached hydrogen (secondary N) is 1. The van der Waals surface area contributed by atoms with Gasteiger partial charge in [0.1, 0.15) is 0 Å². The molecule has 0 bridgehead atoms. The molecule has 74 valence electrons. The average Bonchev–Trinajstić information content (AvgIpc) is 2.52. The Bertz CT molecular complexity index is 241. The van der Waals surface area contributed by atoms with Crippen molar-refractivity contribution in [3.8, 4) is 0 Å². The van der Waals surface area contributed by atoms with Crippen molar-refractivity contribution >= 4 is 40.9 Å². The van der Waals surface area contributed by atoms with Crippen molar-refractivity contribution in [2.45, 2.75) is 12.8 Å². The third-order valence-electron chi connectivity index (χ3n) is 1.52. The zero-order valence-electron chi connectivity index (χ0n) is 7.42. The minimum absolute atomic E-state index is 0.481. The molecule has 0 unspecified atom stereocenters. The van der Waals surface area contributed by atoms with Gasteiger partial charge in [0.25, 0.3) is 0 Å². The summed E-state index contributed by atoms with van der Waals surface area (Å²) >= 11 is 8.76. The molecule has 0 amide bonds. The summed E-state index contributed by atoms with van der Waals surface area (Å²) in [5.74, 6) is 1.93. The number of aromatic nitrogens is 2. The van der Waals surface area contributed by atoms with Crippen LogP contribution in [-0.2, 0) is 0 Å². The lowest BCUT2D eigenvalue weighted by molar-refractivity contribution is 0.841. The van der Waals surface area contributed by atoms with Crippen LogP contribution in [0.1, 0.15) is 12.8 Å². The van der Waals surface area contributed by atoms with E-state index in [0.29, 0.717) is 5.15 Å². The second kappa shape index (κ2) is 6.45. The normalized spacial score (nSPS) is 10.3. The molecule has 6 heteroatoms. The first-order valence-electron chi connectivity index (χ1n) is 4.05. The van der Waals surface area contributed by atoms with Crippen LogP contribution in [0.15, 0.2) is 0 Å². The molecule has 1 aromatic heterocycles. The highest BCUT2D eigenvalue weighted by molar-refractivity contribution is 7.98. The van der Waals surface area contributed by atoms with Gasteiger partial charge in [0.05, 0.1) is 11.7 Å². The van der Waals surface area contributed by atoms with Gasteiger partial charge in [-0.1, -0.05) is 11.6 Å². The molecule has 1 N–H and O–H groups in total. The van der Waals surface area contributed by atoms with Crippen LogP contribution < -0.4 is 5.32 Å². The van der Waals surface area contributed by atoms with Gasteiger partial charge >= 0.3 is 0 Å². The number of hydrogen-bond acceptors (Lipinski definition) is 5. The van der Waals surface area contributed by atoms with Crippen molar-refractivity contribution in [2.75, 3.05) is 23.9 Å². The summed E-state index contributed by atoms with van der Waals surface area (Å²) in [6.07, 6.45) is 4.49. The van der Waals surface area contributed by atoms with E-state index in [-0.39, 0.29) is 0 Å². The second-order valence-electron chi connectivity index (χ2n) is 2.53. The molecule has 0 radical (unpaired) electrons. The standard InChI is InChI=1S/C7H12ClN3S2/c1-12-5-3-2-4-9-7-6(8)10-13-11-7/h2-5H2,1H3,(H,9,11). The Morgan fingerprint density at radius 2 is 2.31 bits per heavy atom. The Balaban J connectivity index is 2.10. The number of nitrogens with zero attached hydrogens (tertiary/aromatic N) is 2. The van der Waals surface area contributed by atoms with Gasteiger partial charge < -0.3 is 5.32 Å². The zero-order chi connectivity index (χ0) is 9.52. The fourth-order valence-corrected chi connectivity index (χ4v) is 2.04. The quantitative estimate of drug-likeness (QED) is 0.773. The molecular weight excluding hydrogens is 226 g/mol. The summed E-state index contributed by atoms with van der Waals surface area (Å²) in [6, 6.07) is 0. The first-order valence-corrected chi connectivity index (χ1v) is 6.55. The van der Waals surface area contributed by atoms with Crippen molar-refractivity contribution in [1.82, 2.24) is 8.75 Å². The van der Waals surface area contributed by atoms with Crippen LogP contribution in [0.5, 0.6) is 0 Å². The summed E-state index contributed by atoms with van der Waals surface area (Å²) in [6.45, 7) is 0.922. The average molecular weight is 238 g/mol. The van der Waals surface area contributed by atoms with Crippen LogP contribution in [0, 0.1) is 0 Å². The predicted octanol–water partition coefficient (Wildman–Crippen LogP) is 2.75. The van der Waals surface area contributed by atoms with Gasteiger partial charge in [-0.2, -0.15) is 20.5 Å². The lowest BCUT2D eigenvalue weighted by Gasteiger charge is -2.01. The number of hydrogen-bond donors (Lipinski definition) is 1. The SMILES string of the molecule is CSCCCCNc1nsnc1Cl. The van der Waals surface area contributed by atoms with Crippen molar-refractivity contribution in [3.63, 3.8) is 0 Å². The first kappa shape index (κ1) is 11.1. The highest BCUT2D eigenvalue weighted by Crippen LogP contribution is 2.17. The van der Waals surface area contributed by atoms with Crippen molar-refractivity contribution in [2.24, 2.45) is 0 Å². The molecule has 1 heterocycles. The molecule has 0 aliphatic rings. The van der Waals surface area contributed by atoms with Gasteiger partial charge in [-0.15, -0.1) is 0 Å². The Labute approximate surface area is 91.6 Å². The summed E-state index contributed by atoms with van der Waals surface area (Å²) < 4.78 is 7.88. The van der Waals surface area contributed by atoms with Gasteiger partial charge in [-0.3, -0.25) is 0 Å². The number of anilines is 1. The molecule has 1 rings (SSSR count). The summed E-state index contributed by atoms with van der Waals surface area (Å²) in [4.78, 5) is 0. The topological polar surface area (TPSA) is 37.8 Å². The molecular formula is C7H12ClN3S2. The van der Waals surface area contributed by atoms with Gasteiger partial charge in [0.2, 0.25) is 0 Å². The van der Waals surface area contributed by atoms with E-state index < -0.39 is 0 Å². The summed E-state index contributed by atoms with van der Waals surface area (Å²) in [7, 11) is 0. The lowest BCUT2D eigenvalue weighted by Crippen LogP contribution is -2.02. The fraction of sp³-hybridized carbons (Fsp3) is 0.714. The van der Waals surface area contributed by atoms with Gasteiger partial charge in [-0.25, -0.2) is 0 Å². The maximum Gasteiger partial charge on any atom is 0.186 e. The largest absolute Gasteiger partial charge is 0.367 e. The maximum absolute atomic E-state index is 5.75. The molecule has 0 aromatic carbocycles. The van der Waals surface area contributed by atoms with Gasteiger partial charge in [0, 0.05) is 6.54 Å². The molecule has 0 atom stereocenters. The molecule has 0 saturated heterocycles. The minimum atomic E-state index is 0.481. The zero-order valence-corrected chi connectivity index (χ0v) is 9.81. The van der Waals surface area contributed by atoms with Crippen molar-refractivity contribution in [3.05, 3.63) is 5.15 Å². The minimum Gasteiger partial charge on any atom is -0.367 e. The summed E-state index contributed by atoms with van der Waals surface area (Å²) in [5, 5.41) is 3.63. The van der Waals surface area contributed by atoms with Crippen LogP contribution >= 0.6 is 35.1 Å². The lowest BCUT2D eigenvalue weighted by atomic mass is 10.3. The van der Waals surface area contributed by atoms with E-state index in [1.165, 1.54) is 12.2 Å². The van der Waals surface area contributed by atoms with Crippen LogP contribution in [0.2, 0.25) is 5.15 Å². The van der Waals surface area contributed by atoms with E-state index in [9.17, 15) is 0 Å². The highest BCUT2D eigenvalue weighted by Gasteiger charge is 2.02. The summed E-state index contributed by atoms with van der Waals surface area (Å²) in [5.41, 5.74) is 0. The number of rotatable bonds is 6. The van der Waals surface area contributed by atoms with Crippen LogP contribution in [0.3, 0.4) is 0 Å². The fourth-order valence-electron chi connectivity index (χ4n) is 0.861. The Kier molecular flexibility index (Phi) is 5.50. The van der Waals surface area contributed by atoms with Crippen LogP contribution in [-0.4, -0.2) is 27.3 Å². The van der Waals surface area contributed by atoms with E-state index in [1.54, 1.807) is 0 Å². The number of halogens is 1. The Hall–Kier alpha value is -0.0000000000000000555. The van der Waals surface area contributed by atoms with Crippen molar-refractivity contribution in [1.29, 1.82) is 0 Å². The van der Waals surface area contributed by atoms with Crippen molar-refractivity contribution < 1.29 is 0 Å². The molecule has 1 aromatic rings. The van der Waals surface area contributed by atoms with Gasteiger partial charge in [0.15, 0.2) is 11.0 Å². The highest BCUT2D eigenvalue weighted by atomic mass is 35.5. The molecule has 3 nitrogen and oxygen atoms in total. The van der Waals surface area contributed by atoms with Crippen LogP contribution in [0.4, 0.5) is 5.82 Å². The maximum atomic E-state index is 5.75. The van der Waals surface area contributed by atoms with E-state index >= 15 is 0 Å². The molecule has 0 aliphatic heterocycles. The van der Waals surface area contributed by atoms with E-state index in [2.05, 4.69) is 20.3 Å². The molecule has 0 spiro atoms. The van der Waals surface area contributed by atoms with E-state index in [1.807, 2.05) is 11.8 Å². The van der Waals surface area contributed by atoms with E-state index in [0.717, 1.165) is 30.5 Å². The van der Waals surface area contributed by atoms with E-state index in [4.69, 9.17) is 11.6 Å². The third-order valence-corrected chi connectivity index (χ3v) is 3.11. The predicted molar refractivity (Wildman–Crippen MR) is 61.0 cm³/mol. The Morgan fingerprint density at radius 3 is 2.92 bits per heavy atom. The van der Waals surface area contributed by atoms with Crippen LogP contribution in [0.25, 0.3) is 0 Å². The molecule has 0 aliphatic carbocycles. The monoisotopic (exact) mass is 237 g/mol. The smallest absolute Gasteiger partial charge is 0.186 e. The first-order chi connectivity index (χ1) is 6.34. The molecule has 13 heavy (non-hydrogen) atoms. The third kappa shape index (κ3) is 4.15. The van der Waals surface area contributed by atoms with Gasteiger partial charge in [-0.05, 0) is 24.9 Å². The number of unbranched alkanes of at least 4 members (excludes halogenated alkanes) is 1. The second-order valence-corrected chi connectivity index (χ2v) is 4.40.